The summed E-state index contributed by atoms with van der Waals surface area (Å²) in [5.74, 6) is 1.08. The summed E-state index contributed by atoms with van der Waals surface area (Å²) >= 11 is 7.33. The van der Waals surface area contributed by atoms with Gasteiger partial charge in [-0.15, -0.1) is 11.8 Å². The van der Waals surface area contributed by atoms with E-state index in [1.807, 2.05) is 24.3 Å². The van der Waals surface area contributed by atoms with Gasteiger partial charge in [0.05, 0.1) is 12.4 Å². The van der Waals surface area contributed by atoms with E-state index in [9.17, 15) is 4.79 Å². The highest BCUT2D eigenvalue weighted by Gasteiger charge is 2.03. The van der Waals surface area contributed by atoms with E-state index in [0.717, 1.165) is 22.6 Å². The highest BCUT2D eigenvalue weighted by Crippen LogP contribution is 2.16. The number of aliphatic hydroxyl groups excluding tert-OH is 1. The molecule has 0 saturated heterocycles. The number of aliphatic hydroxyl groups is 1. The lowest BCUT2D eigenvalue weighted by atomic mass is 10.1. The topological polar surface area (TPSA) is 49.3 Å². The first-order valence-electron chi connectivity index (χ1n) is 6.49. The van der Waals surface area contributed by atoms with Crippen LogP contribution in [0.15, 0.2) is 48.5 Å². The quantitative estimate of drug-likeness (QED) is 0.853. The second-order valence-corrected chi connectivity index (χ2v) is 5.95. The van der Waals surface area contributed by atoms with Crippen molar-refractivity contribution in [3.63, 3.8) is 0 Å². The van der Waals surface area contributed by atoms with Crippen LogP contribution in [-0.2, 0) is 17.2 Å². The van der Waals surface area contributed by atoms with Gasteiger partial charge in [0, 0.05) is 16.5 Å². The van der Waals surface area contributed by atoms with Crippen LogP contribution in [-0.4, -0.2) is 16.8 Å². The highest BCUT2D eigenvalue weighted by atomic mass is 35.5. The number of halogens is 1. The number of benzene rings is 2. The molecule has 3 nitrogen and oxygen atoms in total. The van der Waals surface area contributed by atoms with Gasteiger partial charge >= 0.3 is 0 Å². The van der Waals surface area contributed by atoms with E-state index >= 15 is 0 Å². The number of carbonyl (C=O) groups excluding carboxylic acids is 1. The summed E-state index contributed by atoms with van der Waals surface area (Å²) in [6.45, 7) is 0.0373. The highest BCUT2D eigenvalue weighted by molar-refractivity contribution is 7.99. The van der Waals surface area contributed by atoms with Crippen molar-refractivity contribution < 1.29 is 9.90 Å². The summed E-state index contributed by atoms with van der Waals surface area (Å²) in [7, 11) is 0. The van der Waals surface area contributed by atoms with Crippen molar-refractivity contribution in [1.82, 2.24) is 0 Å². The lowest BCUT2D eigenvalue weighted by Gasteiger charge is -2.06. The Hall–Kier alpha value is -1.49. The SMILES string of the molecule is O=C(CSCc1cccc(CO)c1)Nc1ccc(Cl)cc1. The molecule has 0 saturated carbocycles. The molecular formula is C16H16ClNO2S. The molecule has 21 heavy (non-hydrogen) atoms. The molecule has 0 aliphatic heterocycles. The zero-order chi connectivity index (χ0) is 15.1. The number of amides is 1. The van der Waals surface area contributed by atoms with Gasteiger partial charge in [-0.3, -0.25) is 4.79 Å². The summed E-state index contributed by atoms with van der Waals surface area (Å²) in [6, 6.07) is 14.8. The average Bonchev–Trinajstić information content (AvgIpc) is 2.50. The minimum absolute atomic E-state index is 0.0373. The molecular weight excluding hydrogens is 306 g/mol. The van der Waals surface area contributed by atoms with Gasteiger partial charge < -0.3 is 10.4 Å². The van der Waals surface area contributed by atoms with Crippen molar-refractivity contribution in [2.45, 2.75) is 12.4 Å². The molecule has 2 aromatic rings. The molecule has 2 rings (SSSR count). The van der Waals surface area contributed by atoms with Crippen LogP contribution in [0.2, 0.25) is 5.02 Å². The first-order chi connectivity index (χ1) is 10.2. The largest absolute Gasteiger partial charge is 0.392 e. The van der Waals surface area contributed by atoms with Gasteiger partial charge in [-0.2, -0.15) is 0 Å². The third-order valence-electron chi connectivity index (χ3n) is 2.80. The van der Waals surface area contributed by atoms with Crippen LogP contribution in [0.3, 0.4) is 0 Å². The summed E-state index contributed by atoms with van der Waals surface area (Å²) < 4.78 is 0. The Kier molecular flexibility index (Phi) is 6.11. The maximum absolute atomic E-state index is 11.8. The second-order valence-electron chi connectivity index (χ2n) is 4.53. The predicted molar refractivity (Wildman–Crippen MR) is 88.6 cm³/mol. The molecule has 0 aromatic heterocycles. The number of nitrogens with one attached hydrogen (secondary N) is 1. The molecule has 1 amide bonds. The van der Waals surface area contributed by atoms with Crippen molar-refractivity contribution in [3.05, 3.63) is 64.7 Å². The molecule has 0 fully saturated rings. The van der Waals surface area contributed by atoms with E-state index in [0.29, 0.717) is 10.8 Å². The fraction of sp³-hybridized carbons (Fsp3) is 0.188. The van der Waals surface area contributed by atoms with E-state index in [-0.39, 0.29) is 12.5 Å². The summed E-state index contributed by atoms with van der Waals surface area (Å²) in [6.07, 6.45) is 0. The minimum atomic E-state index is -0.0411. The molecule has 2 aromatic carbocycles. The van der Waals surface area contributed by atoms with Crippen LogP contribution in [0.5, 0.6) is 0 Å². The molecule has 2 N–H and O–H groups in total. The molecule has 0 atom stereocenters. The number of hydrogen-bond donors (Lipinski definition) is 2. The molecule has 0 bridgehead atoms. The first-order valence-corrected chi connectivity index (χ1v) is 8.02. The molecule has 5 heteroatoms. The Labute approximate surface area is 133 Å². The Bertz CT molecular complexity index is 601. The van der Waals surface area contributed by atoms with Crippen molar-refractivity contribution >= 4 is 35.0 Å². The Morgan fingerprint density at radius 3 is 2.57 bits per heavy atom. The van der Waals surface area contributed by atoms with E-state index in [2.05, 4.69) is 5.32 Å². The third-order valence-corrected chi connectivity index (χ3v) is 4.06. The van der Waals surface area contributed by atoms with E-state index < -0.39 is 0 Å². The smallest absolute Gasteiger partial charge is 0.234 e. The zero-order valence-electron chi connectivity index (χ0n) is 11.4. The van der Waals surface area contributed by atoms with Gasteiger partial charge in [0.15, 0.2) is 0 Å². The molecule has 0 aliphatic carbocycles. The Morgan fingerprint density at radius 2 is 1.86 bits per heavy atom. The molecule has 0 unspecified atom stereocenters. The van der Waals surface area contributed by atoms with Crippen LogP contribution in [0, 0.1) is 0 Å². The summed E-state index contributed by atoms with van der Waals surface area (Å²) in [5.41, 5.74) is 2.73. The first kappa shape index (κ1) is 15.9. The molecule has 0 radical (unpaired) electrons. The molecule has 110 valence electrons. The fourth-order valence-corrected chi connectivity index (χ4v) is 2.71. The number of thioether (sulfide) groups is 1. The zero-order valence-corrected chi connectivity index (χ0v) is 13.0. The third kappa shape index (κ3) is 5.42. The number of carbonyl (C=O) groups is 1. The van der Waals surface area contributed by atoms with Crippen LogP contribution in [0.4, 0.5) is 5.69 Å². The maximum Gasteiger partial charge on any atom is 0.234 e. The Balaban J connectivity index is 1.77. The van der Waals surface area contributed by atoms with Gasteiger partial charge in [-0.25, -0.2) is 0 Å². The van der Waals surface area contributed by atoms with Crippen molar-refractivity contribution in [3.8, 4) is 0 Å². The standard InChI is InChI=1S/C16H16ClNO2S/c17-14-4-6-15(7-5-14)18-16(20)11-21-10-13-3-1-2-12(8-13)9-19/h1-8,19H,9-11H2,(H,18,20). The lowest BCUT2D eigenvalue weighted by Crippen LogP contribution is -2.14. The monoisotopic (exact) mass is 321 g/mol. The van der Waals surface area contributed by atoms with Crippen LogP contribution in [0.1, 0.15) is 11.1 Å². The number of rotatable bonds is 6. The van der Waals surface area contributed by atoms with E-state index in [4.69, 9.17) is 16.7 Å². The van der Waals surface area contributed by atoms with E-state index in [1.165, 1.54) is 11.8 Å². The molecule has 0 aliphatic rings. The van der Waals surface area contributed by atoms with Gasteiger partial charge in [0.1, 0.15) is 0 Å². The van der Waals surface area contributed by atoms with Crippen molar-refractivity contribution in [2.24, 2.45) is 0 Å². The normalized spacial score (nSPS) is 10.4. The maximum atomic E-state index is 11.8. The second kappa shape index (κ2) is 8.08. The van der Waals surface area contributed by atoms with Crippen LogP contribution < -0.4 is 5.32 Å². The summed E-state index contributed by atoms with van der Waals surface area (Å²) in [4.78, 5) is 11.8. The van der Waals surface area contributed by atoms with Gasteiger partial charge in [-0.05, 0) is 35.4 Å². The fourth-order valence-electron chi connectivity index (χ4n) is 1.81. The van der Waals surface area contributed by atoms with Gasteiger partial charge in [-0.1, -0.05) is 35.9 Å². The molecule has 0 heterocycles. The average molecular weight is 322 g/mol. The molecule has 0 spiro atoms. The Morgan fingerprint density at radius 1 is 1.14 bits per heavy atom. The van der Waals surface area contributed by atoms with Crippen molar-refractivity contribution in [1.29, 1.82) is 0 Å². The van der Waals surface area contributed by atoms with Gasteiger partial charge in [0.2, 0.25) is 5.91 Å². The number of anilines is 1. The summed E-state index contributed by atoms with van der Waals surface area (Å²) in [5, 5.41) is 12.5. The number of hydrogen-bond acceptors (Lipinski definition) is 3. The van der Waals surface area contributed by atoms with Crippen LogP contribution in [0.25, 0.3) is 0 Å². The van der Waals surface area contributed by atoms with Crippen LogP contribution >= 0.6 is 23.4 Å². The predicted octanol–water partition coefficient (Wildman–Crippen LogP) is 3.70. The van der Waals surface area contributed by atoms with E-state index in [1.54, 1.807) is 24.3 Å². The lowest BCUT2D eigenvalue weighted by molar-refractivity contribution is -0.113. The van der Waals surface area contributed by atoms with Gasteiger partial charge in [0.25, 0.3) is 0 Å². The minimum Gasteiger partial charge on any atom is -0.392 e. The van der Waals surface area contributed by atoms with Crippen molar-refractivity contribution in [2.75, 3.05) is 11.1 Å².